The van der Waals surface area contributed by atoms with Gasteiger partial charge in [0.2, 0.25) is 5.60 Å². The van der Waals surface area contributed by atoms with Crippen molar-refractivity contribution in [2.75, 3.05) is 11.9 Å². The molecule has 0 aliphatic rings. The van der Waals surface area contributed by atoms with Crippen LogP contribution >= 0.6 is 15.9 Å². The molecule has 0 spiro atoms. The zero-order valence-electron chi connectivity index (χ0n) is 12.9. The Labute approximate surface area is 148 Å². The summed E-state index contributed by atoms with van der Waals surface area (Å²) >= 11 is 3.09. The van der Waals surface area contributed by atoms with E-state index in [2.05, 4.69) is 26.2 Å². The van der Waals surface area contributed by atoms with Crippen LogP contribution in [0.3, 0.4) is 0 Å². The van der Waals surface area contributed by atoms with E-state index in [-0.39, 0.29) is 17.9 Å². The molecule has 11 heteroatoms. The number of imidazole rings is 1. The third kappa shape index (κ3) is 3.93. The average Bonchev–Trinajstić information content (AvgIpc) is 2.93. The molecule has 0 aliphatic heterocycles. The molecule has 0 aliphatic carbocycles. The van der Waals surface area contributed by atoms with Crippen LogP contribution in [0.5, 0.6) is 0 Å². The SMILES string of the molecule is Cn1ccnc1C(O)(CCNc1ccc(Br)cc1[N+](=O)[O-])C(F)(F)F. The molecule has 2 N–H and O–H groups in total. The van der Waals surface area contributed by atoms with Crippen molar-refractivity contribution < 1.29 is 23.2 Å². The Morgan fingerprint density at radius 3 is 2.64 bits per heavy atom. The minimum atomic E-state index is -4.96. The lowest BCUT2D eigenvalue weighted by Gasteiger charge is -2.30. The van der Waals surface area contributed by atoms with Gasteiger partial charge in [0.05, 0.1) is 4.92 Å². The fraction of sp³-hybridized carbons (Fsp3) is 0.357. The molecule has 2 rings (SSSR count). The molecular weight excluding hydrogens is 409 g/mol. The average molecular weight is 423 g/mol. The number of nitro benzene ring substituents is 1. The predicted octanol–water partition coefficient (Wildman–Crippen LogP) is 3.34. The molecule has 0 radical (unpaired) electrons. The summed E-state index contributed by atoms with van der Waals surface area (Å²) in [7, 11) is 1.34. The number of hydrogen-bond donors (Lipinski definition) is 2. The molecule has 2 aromatic rings. The van der Waals surface area contributed by atoms with Crippen molar-refractivity contribution >= 4 is 27.3 Å². The van der Waals surface area contributed by atoms with Crippen LogP contribution in [0.25, 0.3) is 0 Å². The molecule has 7 nitrogen and oxygen atoms in total. The summed E-state index contributed by atoms with van der Waals surface area (Å²) < 4.78 is 41.7. The van der Waals surface area contributed by atoms with Crippen LogP contribution in [-0.4, -0.2) is 32.3 Å². The molecule has 25 heavy (non-hydrogen) atoms. The normalized spacial score (nSPS) is 14.2. The number of alkyl halides is 3. The molecule has 0 saturated heterocycles. The van der Waals surface area contributed by atoms with E-state index in [1.165, 1.54) is 31.4 Å². The highest BCUT2D eigenvalue weighted by atomic mass is 79.9. The van der Waals surface area contributed by atoms with Gasteiger partial charge < -0.3 is 15.0 Å². The van der Waals surface area contributed by atoms with Crippen LogP contribution in [0.15, 0.2) is 35.1 Å². The number of nitrogens with zero attached hydrogens (tertiary/aromatic N) is 3. The Bertz CT molecular complexity index is 781. The lowest BCUT2D eigenvalue weighted by atomic mass is 9.97. The van der Waals surface area contributed by atoms with Crippen LogP contribution in [0.1, 0.15) is 12.2 Å². The number of benzene rings is 1. The lowest BCUT2D eigenvalue weighted by Crippen LogP contribution is -2.45. The first kappa shape index (κ1) is 19.2. The molecule has 0 bridgehead atoms. The number of aryl methyl sites for hydroxylation is 1. The van der Waals surface area contributed by atoms with Crippen LogP contribution in [-0.2, 0) is 12.6 Å². The minimum absolute atomic E-state index is 0.0533. The molecule has 136 valence electrons. The summed E-state index contributed by atoms with van der Waals surface area (Å²) in [6.07, 6.45) is -3.29. The highest BCUT2D eigenvalue weighted by Gasteiger charge is 2.57. The number of nitro groups is 1. The summed E-state index contributed by atoms with van der Waals surface area (Å²) in [5.41, 5.74) is -3.41. The summed E-state index contributed by atoms with van der Waals surface area (Å²) in [6, 6.07) is 4.12. The zero-order valence-corrected chi connectivity index (χ0v) is 14.5. The van der Waals surface area contributed by atoms with Crippen LogP contribution in [0, 0.1) is 10.1 Å². The quantitative estimate of drug-likeness (QED) is 0.549. The molecule has 0 amide bonds. The van der Waals surface area contributed by atoms with Gasteiger partial charge in [0.1, 0.15) is 11.5 Å². The van der Waals surface area contributed by atoms with E-state index in [1.807, 2.05) is 0 Å². The van der Waals surface area contributed by atoms with Crippen molar-refractivity contribution in [1.82, 2.24) is 9.55 Å². The maximum absolute atomic E-state index is 13.4. The van der Waals surface area contributed by atoms with Gasteiger partial charge in [0.15, 0.2) is 0 Å². The van der Waals surface area contributed by atoms with E-state index in [1.54, 1.807) is 0 Å². The number of aliphatic hydroxyl groups is 1. The van der Waals surface area contributed by atoms with E-state index >= 15 is 0 Å². The lowest BCUT2D eigenvalue weighted by molar-refractivity contribution is -0.384. The van der Waals surface area contributed by atoms with E-state index in [4.69, 9.17) is 0 Å². The molecule has 1 aromatic heterocycles. The fourth-order valence-corrected chi connectivity index (χ4v) is 2.68. The van der Waals surface area contributed by atoms with E-state index in [0.29, 0.717) is 4.47 Å². The monoisotopic (exact) mass is 422 g/mol. The Morgan fingerprint density at radius 1 is 1.44 bits per heavy atom. The minimum Gasteiger partial charge on any atom is -0.379 e. The highest BCUT2D eigenvalue weighted by Crippen LogP contribution is 2.40. The van der Waals surface area contributed by atoms with Gasteiger partial charge in [0.25, 0.3) is 5.69 Å². The van der Waals surface area contributed by atoms with Gasteiger partial charge in [-0.15, -0.1) is 0 Å². The van der Waals surface area contributed by atoms with E-state index < -0.39 is 28.9 Å². The van der Waals surface area contributed by atoms with Gasteiger partial charge in [-0.05, 0) is 12.1 Å². The Kier molecular flexibility index (Phi) is 5.37. The largest absolute Gasteiger partial charge is 0.424 e. The number of rotatable bonds is 6. The van der Waals surface area contributed by atoms with Crippen molar-refractivity contribution in [2.24, 2.45) is 7.05 Å². The molecule has 1 unspecified atom stereocenters. The topological polar surface area (TPSA) is 93.2 Å². The third-order valence-corrected chi connectivity index (χ3v) is 4.11. The van der Waals surface area contributed by atoms with Gasteiger partial charge in [-0.1, -0.05) is 15.9 Å². The Hall–Kier alpha value is -2.14. The van der Waals surface area contributed by atoms with Gasteiger partial charge >= 0.3 is 6.18 Å². The molecule has 1 atom stereocenters. The van der Waals surface area contributed by atoms with Crippen LogP contribution in [0.4, 0.5) is 24.5 Å². The van der Waals surface area contributed by atoms with Crippen molar-refractivity contribution in [3.8, 4) is 0 Å². The molecule has 1 heterocycles. The van der Waals surface area contributed by atoms with Crippen LogP contribution in [0.2, 0.25) is 0 Å². The Morgan fingerprint density at radius 2 is 2.12 bits per heavy atom. The van der Waals surface area contributed by atoms with Crippen LogP contribution < -0.4 is 5.32 Å². The maximum Gasteiger partial charge on any atom is 0.424 e. The number of nitrogens with one attached hydrogen (secondary N) is 1. The smallest absolute Gasteiger partial charge is 0.379 e. The first-order valence-electron chi connectivity index (χ1n) is 7.01. The summed E-state index contributed by atoms with van der Waals surface area (Å²) in [6.45, 7) is -0.356. The van der Waals surface area contributed by atoms with Crippen molar-refractivity contribution in [3.63, 3.8) is 0 Å². The molecule has 0 saturated carbocycles. The highest BCUT2D eigenvalue weighted by molar-refractivity contribution is 9.10. The van der Waals surface area contributed by atoms with Gasteiger partial charge in [-0.3, -0.25) is 10.1 Å². The second kappa shape index (κ2) is 7.00. The van der Waals surface area contributed by atoms with Gasteiger partial charge in [-0.25, -0.2) is 4.98 Å². The first-order valence-corrected chi connectivity index (χ1v) is 7.80. The standard InChI is InChI=1S/C14H14BrF3N4O3/c1-21-7-6-20-12(21)13(23,14(16,17)18)4-5-19-10-3-2-9(15)8-11(10)22(24)25/h2-3,6-8,19,23H,4-5H2,1H3. The van der Waals surface area contributed by atoms with E-state index in [0.717, 1.165) is 10.8 Å². The first-order chi connectivity index (χ1) is 11.6. The predicted molar refractivity (Wildman–Crippen MR) is 87.1 cm³/mol. The van der Waals surface area contributed by atoms with Gasteiger partial charge in [0, 0.05) is 42.9 Å². The molecule has 1 aromatic carbocycles. The molecule has 0 fully saturated rings. The Balaban J connectivity index is 2.21. The number of hydrogen-bond acceptors (Lipinski definition) is 5. The summed E-state index contributed by atoms with van der Waals surface area (Å²) in [5, 5.41) is 23.8. The number of aromatic nitrogens is 2. The number of halogens is 4. The van der Waals surface area contributed by atoms with Crippen molar-refractivity contribution in [1.29, 1.82) is 0 Å². The summed E-state index contributed by atoms with van der Waals surface area (Å²) in [4.78, 5) is 14.0. The zero-order chi connectivity index (χ0) is 18.8. The molecular formula is C14H14BrF3N4O3. The second-order valence-electron chi connectivity index (χ2n) is 5.32. The maximum atomic E-state index is 13.4. The second-order valence-corrected chi connectivity index (χ2v) is 6.23. The van der Waals surface area contributed by atoms with Crippen molar-refractivity contribution in [3.05, 3.63) is 51.0 Å². The number of anilines is 1. The van der Waals surface area contributed by atoms with Crippen molar-refractivity contribution in [2.45, 2.75) is 18.2 Å². The van der Waals surface area contributed by atoms with E-state index in [9.17, 15) is 28.4 Å². The third-order valence-electron chi connectivity index (χ3n) is 3.62. The fourth-order valence-electron chi connectivity index (χ4n) is 2.33. The summed E-state index contributed by atoms with van der Waals surface area (Å²) in [5.74, 6) is -0.549. The van der Waals surface area contributed by atoms with Gasteiger partial charge in [-0.2, -0.15) is 13.2 Å².